The number of hydrogen-bond donors (Lipinski definition) is 1. The van der Waals surface area contributed by atoms with E-state index in [-0.39, 0.29) is 11.7 Å². The predicted octanol–water partition coefficient (Wildman–Crippen LogP) is 3.13. The Hall–Kier alpha value is -1.72. The fourth-order valence-electron chi connectivity index (χ4n) is 2.41. The summed E-state index contributed by atoms with van der Waals surface area (Å²) in [4.78, 5) is 13.9. The van der Waals surface area contributed by atoms with Crippen molar-refractivity contribution in [1.82, 2.24) is 0 Å². The normalized spacial score (nSPS) is 17.4. The molecule has 1 atom stereocenters. The van der Waals surface area contributed by atoms with E-state index in [2.05, 4.69) is 15.9 Å². The van der Waals surface area contributed by atoms with Crippen LogP contribution in [0.4, 0.5) is 10.1 Å². The van der Waals surface area contributed by atoms with Gasteiger partial charge in [-0.3, -0.25) is 4.79 Å². The number of carbonyl (C=O) groups excluding carboxylic acids is 1. The average Bonchev–Trinajstić information content (AvgIpc) is 2.64. The molecule has 1 amide bonds. The van der Waals surface area contributed by atoms with Crippen molar-refractivity contribution in [3.63, 3.8) is 0 Å². The van der Waals surface area contributed by atoms with Crippen molar-refractivity contribution >= 4 is 27.5 Å². The lowest BCUT2D eigenvalue weighted by Gasteiger charge is -2.18. The van der Waals surface area contributed by atoms with Crippen molar-refractivity contribution in [1.29, 1.82) is 0 Å². The highest BCUT2D eigenvalue weighted by Crippen LogP contribution is 2.37. The molecule has 2 aromatic rings. The SMILES string of the molecule is NC1C(=O)N(Cc2cccc(F)c2)c2cc(Br)ccc21. The zero-order valence-corrected chi connectivity index (χ0v) is 12.1. The summed E-state index contributed by atoms with van der Waals surface area (Å²) in [5.41, 5.74) is 8.25. The van der Waals surface area contributed by atoms with Crippen molar-refractivity contribution in [2.75, 3.05) is 4.90 Å². The van der Waals surface area contributed by atoms with Crippen LogP contribution in [-0.4, -0.2) is 5.91 Å². The number of carbonyl (C=O) groups is 1. The van der Waals surface area contributed by atoms with Crippen LogP contribution in [0.1, 0.15) is 17.2 Å². The van der Waals surface area contributed by atoms with Gasteiger partial charge in [-0.25, -0.2) is 4.39 Å². The molecule has 0 fully saturated rings. The molecule has 20 heavy (non-hydrogen) atoms. The number of hydrogen-bond acceptors (Lipinski definition) is 2. The standard InChI is InChI=1S/C15H12BrFN2O/c16-10-4-5-12-13(7-10)19(15(20)14(12)18)8-9-2-1-3-11(17)6-9/h1-7,14H,8,18H2. The summed E-state index contributed by atoms with van der Waals surface area (Å²) in [5, 5.41) is 0. The summed E-state index contributed by atoms with van der Waals surface area (Å²) < 4.78 is 14.1. The zero-order chi connectivity index (χ0) is 14.3. The van der Waals surface area contributed by atoms with Gasteiger partial charge in [0.05, 0.1) is 12.2 Å². The number of nitrogens with two attached hydrogens (primary N) is 1. The molecule has 3 nitrogen and oxygen atoms in total. The van der Waals surface area contributed by atoms with Crippen LogP contribution in [0.2, 0.25) is 0 Å². The van der Waals surface area contributed by atoms with E-state index in [1.54, 1.807) is 17.0 Å². The van der Waals surface area contributed by atoms with Crippen molar-refractivity contribution in [2.45, 2.75) is 12.6 Å². The van der Waals surface area contributed by atoms with E-state index in [9.17, 15) is 9.18 Å². The topological polar surface area (TPSA) is 46.3 Å². The first-order valence-corrected chi connectivity index (χ1v) is 6.96. The van der Waals surface area contributed by atoms with Crippen LogP contribution >= 0.6 is 15.9 Å². The van der Waals surface area contributed by atoms with E-state index in [1.807, 2.05) is 18.2 Å². The Balaban J connectivity index is 1.98. The zero-order valence-electron chi connectivity index (χ0n) is 10.5. The van der Waals surface area contributed by atoms with Gasteiger partial charge >= 0.3 is 0 Å². The third-order valence-electron chi connectivity index (χ3n) is 3.38. The van der Waals surface area contributed by atoms with Gasteiger partial charge in [-0.15, -0.1) is 0 Å². The summed E-state index contributed by atoms with van der Waals surface area (Å²) in [7, 11) is 0. The minimum Gasteiger partial charge on any atom is -0.316 e. The van der Waals surface area contributed by atoms with Gasteiger partial charge in [-0.05, 0) is 29.8 Å². The largest absolute Gasteiger partial charge is 0.316 e. The number of fused-ring (bicyclic) bond motifs is 1. The smallest absolute Gasteiger partial charge is 0.248 e. The first kappa shape index (κ1) is 13.3. The van der Waals surface area contributed by atoms with Crippen LogP contribution in [0, 0.1) is 5.82 Å². The lowest BCUT2D eigenvalue weighted by molar-refractivity contribution is -0.119. The lowest BCUT2D eigenvalue weighted by Crippen LogP contribution is -2.31. The number of halogens is 2. The van der Waals surface area contributed by atoms with Crippen LogP contribution in [0.15, 0.2) is 46.9 Å². The molecular weight excluding hydrogens is 323 g/mol. The molecular formula is C15H12BrFN2O. The molecule has 2 aromatic carbocycles. The number of rotatable bonds is 2. The Kier molecular flexibility index (Phi) is 3.31. The third kappa shape index (κ3) is 2.23. The molecule has 5 heteroatoms. The van der Waals surface area contributed by atoms with Gasteiger partial charge in [0, 0.05) is 10.0 Å². The molecule has 1 heterocycles. The van der Waals surface area contributed by atoms with E-state index < -0.39 is 6.04 Å². The van der Waals surface area contributed by atoms with Crippen LogP contribution in [0.25, 0.3) is 0 Å². The van der Waals surface area contributed by atoms with Crippen molar-refractivity contribution in [2.24, 2.45) is 5.73 Å². The van der Waals surface area contributed by atoms with Gasteiger partial charge in [0.25, 0.3) is 0 Å². The number of anilines is 1. The number of amides is 1. The summed E-state index contributed by atoms with van der Waals surface area (Å²) in [6.07, 6.45) is 0. The second kappa shape index (κ2) is 5.00. The summed E-state index contributed by atoms with van der Waals surface area (Å²) >= 11 is 3.39. The van der Waals surface area contributed by atoms with Gasteiger partial charge < -0.3 is 10.6 Å². The van der Waals surface area contributed by atoms with E-state index in [0.717, 1.165) is 21.3 Å². The van der Waals surface area contributed by atoms with E-state index in [1.165, 1.54) is 12.1 Å². The van der Waals surface area contributed by atoms with Gasteiger partial charge in [-0.2, -0.15) is 0 Å². The number of nitrogens with zero attached hydrogens (tertiary/aromatic N) is 1. The molecule has 3 rings (SSSR count). The first-order chi connectivity index (χ1) is 9.56. The molecule has 1 aliphatic rings. The second-order valence-electron chi connectivity index (χ2n) is 4.74. The number of benzene rings is 2. The fourth-order valence-corrected chi connectivity index (χ4v) is 2.76. The molecule has 0 aromatic heterocycles. The minimum absolute atomic E-state index is 0.164. The van der Waals surface area contributed by atoms with Crippen molar-refractivity contribution in [3.8, 4) is 0 Å². The van der Waals surface area contributed by atoms with Gasteiger partial charge in [0.15, 0.2) is 0 Å². The Bertz CT molecular complexity index is 689. The predicted molar refractivity (Wildman–Crippen MR) is 78.7 cm³/mol. The van der Waals surface area contributed by atoms with Crippen LogP contribution in [0.3, 0.4) is 0 Å². The molecule has 1 unspecified atom stereocenters. The molecule has 0 saturated heterocycles. The van der Waals surface area contributed by atoms with Crippen LogP contribution in [0.5, 0.6) is 0 Å². The van der Waals surface area contributed by atoms with Crippen LogP contribution < -0.4 is 10.6 Å². The molecule has 1 aliphatic heterocycles. The van der Waals surface area contributed by atoms with Gasteiger partial charge in [-0.1, -0.05) is 34.1 Å². The Morgan fingerprint density at radius 3 is 2.80 bits per heavy atom. The molecule has 0 saturated carbocycles. The Morgan fingerprint density at radius 2 is 2.05 bits per heavy atom. The minimum atomic E-state index is -0.647. The Morgan fingerprint density at radius 1 is 1.25 bits per heavy atom. The van der Waals surface area contributed by atoms with Gasteiger partial charge in [0.2, 0.25) is 5.91 Å². The average molecular weight is 335 g/mol. The lowest BCUT2D eigenvalue weighted by atomic mass is 10.1. The molecule has 102 valence electrons. The van der Waals surface area contributed by atoms with Crippen LogP contribution in [-0.2, 0) is 11.3 Å². The quantitative estimate of drug-likeness (QED) is 0.917. The first-order valence-electron chi connectivity index (χ1n) is 6.17. The van der Waals surface area contributed by atoms with E-state index in [4.69, 9.17) is 5.73 Å². The summed E-state index contributed by atoms with van der Waals surface area (Å²) in [5.74, 6) is -0.477. The van der Waals surface area contributed by atoms with Crippen molar-refractivity contribution in [3.05, 3.63) is 63.9 Å². The monoisotopic (exact) mass is 334 g/mol. The molecule has 0 radical (unpaired) electrons. The molecule has 2 N–H and O–H groups in total. The van der Waals surface area contributed by atoms with Gasteiger partial charge in [0.1, 0.15) is 11.9 Å². The highest BCUT2D eigenvalue weighted by molar-refractivity contribution is 9.10. The summed E-state index contributed by atoms with van der Waals surface area (Å²) in [6.45, 7) is 0.313. The van der Waals surface area contributed by atoms with E-state index >= 15 is 0 Å². The maximum atomic E-state index is 13.2. The maximum Gasteiger partial charge on any atom is 0.248 e. The third-order valence-corrected chi connectivity index (χ3v) is 3.87. The fraction of sp³-hybridized carbons (Fsp3) is 0.133. The maximum absolute atomic E-state index is 13.2. The highest BCUT2D eigenvalue weighted by atomic mass is 79.9. The molecule has 0 aliphatic carbocycles. The Labute approximate surface area is 124 Å². The highest BCUT2D eigenvalue weighted by Gasteiger charge is 2.34. The second-order valence-corrected chi connectivity index (χ2v) is 5.65. The van der Waals surface area contributed by atoms with Crippen molar-refractivity contribution < 1.29 is 9.18 Å². The van der Waals surface area contributed by atoms with E-state index in [0.29, 0.717) is 6.54 Å². The molecule has 0 bridgehead atoms. The molecule has 0 spiro atoms. The summed E-state index contributed by atoms with van der Waals surface area (Å²) in [6, 6.07) is 11.1.